The largest absolute Gasteiger partial charge is 0.465 e. The quantitative estimate of drug-likeness (QED) is 0.787. The van der Waals surface area contributed by atoms with E-state index in [9.17, 15) is 4.79 Å². The molecule has 2 heterocycles. The molecule has 0 amide bonds. The van der Waals surface area contributed by atoms with E-state index in [1.54, 1.807) is 12.4 Å². The van der Waals surface area contributed by atoms with Crippen LogP contribution in [0, 0.1) is 0 Å². The Morgan fingerprint density at radius 2 is 2.05 bits per heavy atom. The molecule has 0 aliphatic heterocycles. The summed E-state index contributed by atoms with van der Waals surface area (Å²) in [6.45, 7) is 6.20. The average Bonchev–Trinajstić information content (AvgIpc) is 2.80. The molecule has 0 bridgehead atoms. The third-order valence-corrected chi connectivity index (χ3v) is 3.98. The minimum Gasteiger partial charge on any atom is -0.465 e. The Kier molecular flexibility index (Phi) is 4.06. The number of nitrogens with zero attached hydrogens (tertiary/aromatic N) is 3. The lowest BCUT2D eigenvalue weighted by atomic mass is 9.81. The molecule has 0 fully saturated rings. The van der Waals surface area contributed by atoms with Gasteiger partial charge in [0, 0.05) is 13.2 Å². The second-order valence-electron chi connectivity index (χ2n) is 4.87. The van der Waals surface area contributed by atoms with Gasteiger partial charge in [0.1, 0.15) is 11.2 Å². The molecule has 2 aromatic heterocycles. The molecule has 0 N–H and O–H groups in total. The van der Waals surface area contributed by atoms with E-state index >= 15 is 0 Å². The van der Waals surface area contributed by atoms with Gasteiger partial charge >= 0.3 is 5.97 Å². The van der Waals surface area contributed by atoms with E-state index in [2.05, 4.69) is 9.97 Å². The highest BCUT2D eigenvalue weighted by molar-refractivity contribution is 5.84. The van der Waals surface area contributed by atoms with Crippen LogP contribution in [0.3, 0.4) is 0 Å². The van der Waals surface area contributed by atoms with Gasteiger partial charge < -0.3 is 9.30 Å². The number of carbonyl (C=O) groups is 1. The van der Waals surface area contributed by atoms with Gasteiger partial charge in [-0.3, -0.25) is 9.78 Å². The van der Waals surface area contributed by atoms with Crippen LogP contribution in [0.2, 0.25) is 0 Å². The highest BCUT2D eigenvalue weighted by Gasteiger charge is 2.42. The summed E-state index contributed by atoms with van der Waals surface area (Å²) in [4.78, 5) is 21.2. The Labute approximate surface area is 119 Å². The second-order valence-corrected chi connectivity index (χ2v) is 4.87. The van der Waals surface area contributed by atoms with Crippen molar-refractivity contribution >= 4 is 17.0 Å². The van der Waals surface area contributed by atoms with E-state index in [1.165, 1.54) is 0 Å². The van der Waals surface area contributed by atoms with Crippen molar-refractivity contribution in [3.8, 4) is 0 Å². The van der Waals surface area contributed by atoms with Crippen LogP contribution in [0.25, 0.3) is 11.0 Å². The Hall–Kier alpha value is -1.91. The highest BCUT2D eigenvalue weighted by atomic mass is 16.5. The fraction of sp³-hybridized carbons (Fsp3) is 0.533. The van der Waals surface area contributed by atoms with Crippen LogP contribution in [0.5, 0.6) is 0 Å². The van der Waals surface area contributed by atoms with Crippen LogP contribution in [-0.2, 0) is 22.0 Å². The summed E-state index contributed by atoms with van der Waals surface area (Å²) in [6, 6.07) is 1.86. The van der Waals surface area contributed by atoms with Crippen LogP contribution in [0.1, 0.15) is 39.4 Å². The standard InChI is InChI=1S/C15H21N3O2/c1-5-15(6-2,14(19)20-7-3)13-17-11-8-9-16-10-12(11)18(13)4/h8-10H,5-7H2,1-4H3. The molecule has 20 heavy (non-hydrogen) atoms. The Morgan fingerprint density at radius 1 is 1.35 bits per heavy atom. The first kappa shape index (κ1) is 14.5. The first-order valence-corrected chi connectivity index (χ1v) is 7.04. The van der Waals surface area contributed by atoms with Crippen molar-refractivity contribution in [2.75, 3.05) is 6.61 Å². The molecule has 0 aliphatic carbocycles. The van der Waals surface area contributed by atoms with E-state index in [0.29, 0.717) is 19.4 Å². The molecular weight excluding hydrogens is 254 g/mol. The van der Waals surface area contributed by atoms with Gasteiger partial charge in [-0.25, -0.2) is 4.98 Å². The predicted molar refractivity (Wildman–Crippen MR) is 77.4 cm³/mol. The number of pyridine rings is 1. The van der Waals surface area contributed by atoms with Gasteiger partial charge in [-0.05, 0) is 25.8 Å². The number of rotatable bonds is 5. The van der Waals surface area contributed by atoms with Crippen LogP contribution in [0.15, 0.2) is 18.5 Å². The molecule has 0 aliphatic rings. The molecule has 5 heteroatoms. The lowest BCUT2D eigenvalue weighted by Gasteiger charge is -2.28. The number of fused-ring (bicyclic) bond motifs is 1. The summed E-state index contributed by atoms with van der Waals surface area (Å²) in [7, 11) is 1.92. The van der Waals surface area contributed by atoms with E-state index in [4.69, 9.17) is 4.74 Å². The molecule has 2 aromatic rings. The fourth-order valence-electron chi connectivity index (χ4n) is 2.68. The van der Waals surface area contributed by atoms with Crippen LogP contribution in [0.4, 0.5) is 0 Å². The molecular formula is C15H21N3O2. The molecule has 108 valence electrons. The van der Waals surface area contributed by atoms with Crippen molar-refractivity contribution in [3.05, 3.63) is 24.3 Å². The van der Waals surface area contributed by atoms with E-state index in [0.717, 1.165) is 16.9 Å². The average molecular weight is 275 g/mol. The molecule has 0 radical (unpaired) electrons. The minimum absolute atomic E-state index is 0.198. The van der Waals surface area contributed by atoms with E-state index in [1.807, 2.05) is 38.5 Å². The lowest BCUT2D eigenvalue weighted by Crippen LogP contribution is -2.38. The summed E-state index contributed by atoms with van der Waals surface area (Å²) < 4.78 is 7.24. The van der Waals surface area contributed by atoms with Crippen molar-refractivity contribution in [2.45, 2.75) is 39.0 Å². The first-order valence-electron chi connectivity index (χ1n) is 7.04. The number of hydrogen-bond donors (Lipinski definition) is 0. The zero-order valence-electron chi connectivity index (χ0n) is 12.5. The number of aryl methyl sites for hydroxylation is 1. The van der Waals surface area contributed by atoms with Crippen LogP contribution >= 0.6 is 0 Å². The fourth-order valence-corrected chi connectivity index (χ4v) is 2.68. The monoisotopic (exact) mass is 275 g/mol. The zero-order valence-corrected chi connectivity index (χ0v) is 12.5. The van der Waals surface area contributed by atoms with Gasteiger partial charge in [0.15, 0.2) is 0 Å². The Bertz CT molecular complexity index is 615. The van der Waals surface area contributed by atoms with Gasteiger partial charge in [0.25, 0.3) is 0 Å². The normalized spacial score (nSPS) is 11.8. The van der Waals surface area contributed by atoms with E-state index in [-0.39, 0.29) is 5.97 Å². The van der Waals surface area contributed by atoms with Crippen LogP contribution < -0.4 is 0 Å². The third kappa shape index (κ3) is 2.07. The van der Waals surface area contributed by atoms with Crippen molar-refractivity contribution in [3.63, 3.8) is 0 Å². The number of hydrogen-bond acceptors (Lipinski definition) is 4. The molecule has 0 spiro atoms. The molecule has 0 aromatic carbocycles. The maximum Gasteiger partial charge on any atom is 0.319 e. The summed E-state index contributed by atoms with van der Waals surface area (Å²) in [5.41, 5.74) is 1.09. The van der Waals surface area contributed by atoms with E-state index < -0.39 is 5.41 Å². The topological polar surface area (TPSA) is 57.0 Å². The molecule has 0 saturated heterocycles. The van der Waals surface area contributed by atoms with Crippen molar-refractivity contribution < 1.29 is 9.53 Å². The zero-order chi connectivity index (χ0) is 14.8. The smallest absolute Gasteiger partial charge is 0.319 e. The third-order valence-electron chi connectivity index (χ3n) is 3.98. The number of ether oxygens (including phenoxy) is 1. The number of esters is 1. The Balaban J connectivity index is 2.63. The Morgan fingerprint density at radius 3 is 2.60 bits per heavy atom. The highest BCUT2D eigenvalue weighted by Crippen LogP contribution is 2.34. The maximum absolute atomic E-state index is 12.5. The molecule has 0 unspecified atom stereocenters. The summed E-state index contributed by atoms with van der Waals surface area (Å²) in [5, 5.41) is 0. The van der Waals surface area contributed by atoms with Crippen LogP contribution in [-0.4, -0.2) is 27.1 Å². The number of imidazole rings is 1. The molecule has 5 nitrogen and oxygen atoms in total. The molecule has 0 atom stereocenters. The van der Waals surface area contributed by atoms with Crippen molar-refractivity contribution in [1.29, 1.82) is 0 Å². The maximum atomic E-state index is 12.5. The predicted octanol–water partition coefficient (Wildman–Crippen LogP) is 2.59. The van der Waals surface area contributed by atoms with Crippen molar-refractivity contribution in [2.24, 2.45) is 7.05 Å². The number of aromatic nitrogens is 3. The number of carbonyl (C=O) groups excluding carboxylic acids is 1. The first-order chi connectivity index (χ1) is 9.60. The van der Waals surface area contributed by atoms with Gasteiger partial charge in [-0.15, -0.1) is 0 Å². The summed E-state index contributed by atoms with van der Waals surface area (Å²) in [6.07, 6.45) is 4.80. The molecule has 2 rings (SSSR count). The minimum atomic E-state index is -0.691. The van der Waals surface area contributed by atoms with Gasteiger partial charge in [0.2, 0.25) is 0 Å². The summed E-state index contributed by atoms with van der Waals surface area (Å²) >= 11 is 0. The van der Waals surface area contributed by atoms with Gasteiger partial charge in [-0.1, -0.05) is 13.8 Å². The van der Waals surface area contributed by atoms with Crippen molar-refractivity contribution in [1.82, 2.24) is 14.5 Å². The summed E-state index contributed by atoms with van der Waals surface area (Å²) in [5.74, 6) is 0.556. The van der Waals surface area contributed by atoms with Gasteiger partial charge in [-0.2, -0.15) is 0 Å². The SMILES string of the molecule is CCOC(=O)C(CC)(CC)c1nc2ccncc2n1C. The second kappa shape index (κ2) is 5.61. The lowest BCUT2D eigenvalue weighted by molar-refractivity contribution is -0.151. The molecule has 0 saturated carbocycles. The van der Waals surface area contributed by atoms with Gasteiger partial charge in [0.05, 0.1) is 23.8 Å².